The van der Waals surface area contributed by atoms with E-state index in [1.165, 1.54) is 0 Å². The van der Waals surface area contributed by atoms with E-state index in [-0.39, 0.29) is 18.4 Å². The van der Waals surface area contributed by atoms with Crippen LogP contribution in [-0.4, -0.2) is 14.2 Å². The smallest absolute Gasteiger partial charge is 0.137 e. The number of nitrogens with two attached hydrogens (primary N) is 1. The highest BCUT2D eigenvalue weighted by Crippen LogP contribution is 2.38. The van der Waals surface area contributed by atoms with Crippen molar-refractivity contribution in [3.05, 3.63) is 44.6 Å². The minimum atomic E-state index is -0.166. The molecule has 6 heteroatoms. The van der Waals surface area contributed by atoms with Gasteiger partial charge in [-0.3, -0.25) is 0 Å². The average molecular weight is 365 g/mol. The highest BCUT2D eigenvalue weighted by molar-refractivity contribution is 9.10. The summed E-state index contributed by atoms with van der Waals surface area (Å²) in [6, 6.07) is 7.71. The van der Waals surface area contributed by atoms with Crippen LogP contribution in [0, 0.1) is 0 Å². The Hall–Kier alpha value is -0.750. The Labute approximate surface area is 131 Å². The highest BCUT2D eigenvalue weighted by atomic mass is 79.9. The van der Waals surface area contributed by atoms with Crippen LogP contribution in [0.1, 0.15) is 16.5 Å². The molecule has 0 fully saturated rings. The van der Waals surface area contributed by atoms with Crippen molar-refractivity contribution in [2.75, 3.05) is 14.2 Å². The molecule has 1 aromatic heterocycles. The van der Waals surface area contributed by atoms with Crippen LogP contribution >= 0.6 is 39.7 Å². The van der Waals surface area contributed by atoms with E-state index in [1.807, 2.05) is 29.6 Å². The van der Waals surface area contributed by atoms with E-state index in [9.17, 15) is 0 Å². The Morgan fingerprint density at radius 2 is 1.79 bits per heavy atom. The van der Waals surface area contributed by atoms with Crippen molar-refractivity contribution in [3.8, 4) is 11.5 Å². The number of halogens is 2. The van der Waals surface area contributed by atoms with Crippen LogP contribution in [0.5, 0.6) is 11.5 Å². The summed E-state index contributed by atoms with van der Waals surface area (Å²) in [4.78, 5) is 1.11. The molecule has 1 atom stereocenters. The molecule has 2 N–H and O–H groups in total. The van der Waals surface area contributed by atoms with Crippen LogP contribution in [0.2, 0.25) is 0 Å². The molecule has 0 aliphatic carbocycles. The summed E-state index contributed by atoms with van der Waals surface area (Å²) in [5, 5.41) is 2.02. The summed E-state index contributed by atoms with van der Waals surface area (Å²) in [5.74, 6) is 1.44. The first kappa shape index (κ1) is 16.3. The topological polar surface area (TPSA) is 44.5 Å². The fourth-order valence-electron chi connectivity index (χ4n) is 1.70. The van der Waals surface area contributed by atoms with Crippen molar-refractivity contribution >= 4 is 39.7 Å². The normalized spacial score (nSPS) is 11.6. The Bertz CT molecular complexity index is 508. The lowest BCUT2D eigenvalue weighted by molar-refractivity contribution is 0.388. The number of hydrogen-bond donors (Lipinski definition) is 1. The largest absolute Gasteiger partial charge is 0.495 e. The van der Waals surface area contributed by atoms with Crippen LogP contribution in [0.25, 0.3) is 0 Å². The summed E-state index contributed by atoms with van der Waals surface area (Å²) in [7, 11) is 3.25. The lowest BCUT2D eigenvalue weighted by Gasteiger charge is -2.15. The summed E-state index contributed by atoms with van der Waals surface area (Å²) in [6.07, 6.45) is 0. The van der Waals surface area contributed by atoms with Gasteiger partial charge in [0.05, 0.1) is 20.3 Å². The lowest BCUT2D eigenvalue weighted by Crippen LogP contribution is -2.10. The SMILES string of the molecule is COc1cc([C@H](N)c2cccs2)cc(OC)c1Br.Cl. The maximum absolute atomic E-state index is 6.24. The van der Waals surface area contributed by atoms with Gasteiger partial charge in [-0.25, -0.2) is 0 Å². The van der Waals surface area contributed by atoms with E-state index in [4.69, 9.17) is 15.2 Å². The molecule has 19 heavy (non-hydrogen) atoms. The molecule has 2 aromatic rings. The van der Waals surface area contributed by atoms with E-state index in [1.54, 1.807) is 25.6 Å². The zero-order valence-corrected chi connectivity index (χ0v) is 13.8. The van der Waals surface area contributed by atoms with E-state index in [2.05, 4.69) is 15.9 Å². The second-order valence-corrected chi connectivity index (χ2v) is 5.50. The fourth-order valence-corrected chi connectivity index (χ4v) is 3.01. The van der Waals surface area contributed by atoms with Crippen LogP contribution in [-0.2, 0) is 0 Å². The third kappa shape index (κ3) is 3.42. The lowest BCUT2D eigenvalue weighted by atomic mass is 10.1. The van der Waals surface area contributed by atoms with Crippen molar-refractivity contribution in [1.82, 2.24) is 0 Å². The number of ether oxygens (including phenoxy) is 2. The molecule has 1 heterocycles. The minimum absolute atomic E-state index is 0. The van der Waals surface area contributed by atoms with Crippen molar-refractivity contribution in [1.29, 1.82) is 0 Å². The summed E-state index contributed by atoms with van der Waals surface area (Å²) in [5.41, 5.74) is 7.21. The number of rotatable bonds is 4. The molecular weight excluding hydrogens is 350 g/mol. The number of thiophene rings is 1. The van der Waals surface area contributed by atoms with Crippen LogP contribution < -0.4 is 15.2 Å². The number of hydrogen-bond acceptors (Lipinski definition) is 4. The van der Waals surface area contributed by atoms with Crippen molar-refractivity contribution in [3.63, 3.8) is 0 Å². The first-order chi connectivity index (χ1) is 8.67. The molecule has 104 valence electrons. The molecule has 1 aromatic carbocycles. The maximum Gasteiger partial charge on any atom is 0.137 e. The zero-order valence-electron chi connectivity index (χ0n) is 10.6. The van der Waals surface area contributed by atoms with Gasteiger partial charge in [-0.05, 0) is 45.1 Å². The van der Waals surface area contributed by atoms with E-state index in [0.717, 1.165) is 26.4 Å². The maximum atomic E-state index is 6.24. The number of methoxy groups -OCH3 is 2. The number of benzene rings is 1. The van der Waals surface area contributed by atoms with Gasteiger partial charge in [-0.2, -0.15) is 0 Å². The van der Waals surface area contributed by atoms with Gasteiger partial charge in [0.2, 0.25) is 0 Å². The van der Waals surface area contributed by atoms with Gasteiger partial charge in [0.25, 0.3) is 0 Å². The Morgan fingerprint density at radius 3 is 2.21 bits per heavy atom. The minimum Gasteiger partial charge on any atom is -0.495 e. The molecule has 3 nitrogen and oxygen atoms in total. The van der Waals surface area contributed by atoms with Gasteiger partial charge in [0, 0.05) is 4.88 Å². The predicted molar refractivity (Wildman–Crippen MR) is 84.8 cm³/mol. The molecule has 0 saturated heterocycles. The summed E-state index contributed by atoms with van der Waals surface area (Å²) in [6.45, 7) is 0. The van der Waals surface area contributed by atoms with Crippen molar-refractivity contribution < 1.29 is 9.47 Å². The van der Waals surface area contributed by atoms with Gasteiger partial charge in [-0.1, -0.05) is 6.07 Å². The average Bonchev–Trinajstić information content (AvgIpc) is 2.92. The molecule has 0 amide bonds. The standard InChI is InChI=1S/C13H14BrNO2S.ClH/c1-16-9-6-8(7-10(17-2)12(9)14)13(15)11-4-3-5-18-11;/h3-7,13H,15H2,1-2H3;1H/t13-;/m0./s1. The highest BCUT2D eigenvalue weighted by Gasteiger charge is 2.16. The quantitative estimate of drug-likeness (QED) is 0.892. The second-order valence-electron chi connectivity index (χ2n) is 3.73. The molecule has 0 bridgehead atoms. The monoisotopic (exact) mass is 363 g/mol. The van der Waals surface area contributed by atoms with E-state index >= 15 is 0 Å². The molecule has 2 rings (SSSR count). The molecule has 0 saturated carbocycles. The Kier molecular flexibility index (Phi) is 6.13. The predicted octanol–water partition coefficient (Wildman–Crippen LogP) is 4.00. The molecule has 0 radical (unpaired) electrons. The van der Waals surface area contributed by atoms with Gasteiger partial charge < -0.3 is 15.2 Å². The molecule has 0 aliphatic rings. The van der Waals surface area contributed by atoms with Crippen molar-refractivity contribution in [2.24, 2.45) is 5.73 Å². The summed E-state index contributed by atoms with van der Waals surface area (Å²) >= 11 is 5.08. The van der Waals surface area contributed by atoms with E-state index < -0.39 is 0 Å². The summed E-state index contributed by atoms with van der Waals surface area (Å²) < 4.78 is 11.4. The van der Waals surface area contributed by atoms with Crippen molar-refractivity contribution in [2.45, 2.75) is 6.04 Å². The Morgan fingerprint density at radius 1 is 1.21 bits per heavy atom. The van der Waals surface area contributed by atoms with Gasteiger partial charge in [-0.15, -0.1) is 23.7 Å². The van der Waals surface area contributed by atoms with Gasteiger partial charge in [0.15, 0.2) is 0 Å². The molecule has 0 aliphatic heterocycles. The third-order valence-electron chi connectivity index (χ3n) is 2.68. The second kappa shape index (κ2) is 7.14. The zero-order chi connectivity index (χ0) is 13.1. The first-order valence-electron chi connectivity index (χ1n) is 5.37. The van der Waals surface area contributed by atoms with Gasteiger partial charge in [0.1, 0.15) is 16.0 Å². The molecule has 0 unspecified atom stereocenters. The van der Waals surface area contributed by atoms with Gasteiger partial charge >= 0.3 is 0 Å². The third-order valence-corrected chi connectivity index (χ3v) is 4.41. The van der Waals surface area contributed by atoms with Crippen LogP contribution in [0.3, 0.4) is 0 Å². The Balaban J connectivity index is 0.00000180. The van der Waals surface area contributed by atoms with Crippen LogP contribution in [0.15, 0.2) is 34.1 Å². The first-order valence-corrected chi connectivity index (χ1v) is 7.05. The molecule has 0 spiro atoms. The van der Waals surface area contributed by atoms with E-state index in [0.29, 0.717) is 0 Å². The molecular formula is C13H15BrClNO2S. The van der Waals surface area contributed by atoms with Crippen LogP contribution in [0.4, 0.5) is 0 Å². The fraction of sp³-hybridized carbons (Fsp3) is 0.231.